The summed E-state index contributed by atoms with van der Waals surface area (Å²) in [4.78, 5) is 0. The molecule has 0 heterocycles. The first-order chi connectivity index (χ1) is 5.56. The van der Waals surface area contributed by atoms with Gasteiger partial charge in [-0.3, -0.25) is 5.41 Å². The van der Waals surface area contributed by atoms with Crippen LogP contribution in [0.4, 0.5) is 0 Å². The van der Waals surface area contributed by atoms with E-state index in [9.17, 15) is 0 Å². The molecule has 0 fully saturated rings. The zero-order valence-corrected chi connectivity index (χ0v) is 15.1. The van der Waals surface area contributed by atoms with Crippen LogP contribution in [-0.4, -0.2) is 25.1 Å². The fourth-order valence-corrected chi connectivity index (χ4v) is 0.814. The minimum atomic E-state index is -0.302. The van der Waals surface area contributed by atoms with Crippen LogP contribution in [0.25, 0.3) is 0 Å². The summed E-state index contributed by atoms with van der Waals surface area (Å²) >= 11 is 0. The second kappa shape index (κ2) is 26.5. The van der Waals surface area contributed by atoms with Gasteiger partial charge in [-0.25, -0.2) is 0 Å². The molecule has 0 aromatic heterocycles. The second-order valence-corrected chi connectivity index (χ2v) is 2.36. The molecule has 0 rings (SSSR count). The van der Waals surface area contributed by atoms with E-state index in [2.05, 4.69) is 5.32 Å². The molecule has 0 radical (unpaired) electrons. The molecule has 4 N–H and O–H groups in total. The van der Waals surface area contributed by atoms with E-state index in [0.717, 1.165) is 0 Å². The summed E-state index contributed by atoms with van der Waals surface area (Å²) in [6.07, 6.45) is -0.583. The average Bonchev–Trinajstić information content (AvgIpc) is 1.84. The summed E-state index contributed by atoms with van der Waals surface area (Å²) in [7, 11) is 0. The Labute approximate surface area is 146 Å². The van der Waals surface area contributed by atoms with Crippen molar-refractivity contribution in [1.82, 2.24) is 5.32 Å². The van der Waals surface area contributed by atoms with Gasteiger partial charge in [0.25, 0.3) is 0 Å². The molecule has 11 heteroatoms. The lowest BCUT2D eigenvalue weighted by atomic mass is 10.6. The van der Waals surface area contributed by atoms with Crippen LogP contribution < -0.4 is 11.1 Å². The standard InChI is InChI=1S/C7H17N3O2.6ClH/c1-4-11-6(3)12-5(2)10-7(8)9;;;;;;/h5-6H,4H2,1-3H3,(H4,8,9,10);6*1H. The van der Waals surface area contributed by atoms with Crippen LogP contribution in [-0.2, 0) is 9.47 Å². The van der Waals surface area contributed by atoms with Gasteiger partial charge in [0.2, 0.25) is 0 Å². The topological polar surface area (TPSA) is 80.4 Å². The molecule has 0 amide bonds. The SMILES string of the molecule is CCOC(C)OC(C)NC(=N)N.Cl.Cl.Cl.Cl.Cl.Cl. The molecule has 18 heavy (non-hydrogen) atoms. The molecule has 2 unspecified atom stereocenters. The second-order valence-electron chi connectivity index (χ2n) is 2.36. The number of nitrogens with one attached hydrogen (secondary N) is 2. The summed E-state index contributed by atoms with van der Waals surface area (Å²) in [5.41, 5.74) is 5.09. The van der Waals surface area contributed by atoms with Gasteiger partial charge in [0.1, 0.15) is 6.23 Å². The highest BCUT2D eigenvalue weighted by molar-refractivity contribution is 5.86. The first kappa shape index (κ1) is 42.8. The third-order valence-corrected chi connectivity index (χ3v) is 1.16. The van der Waals surface area contributed by atoms with Gasteiger partial charge in [-0.1, -0.05) is 0 Å². The lowest BCUT2D eigenvalue weighted by molar-refractivity contribution is -0.156. The van der Waals surface area contributed by atoms with E-state index in [1.165, 1.54) is 0 Å². The number of halogens is 6. The van der Waals surface area contributed by atoms with Gasteiger partial charge >= 0.3 is 0 Å². The summed E-state index contributed by atoms with van der Waals surface area (Å²) in [6, 6.07) is 0. The lowest BCUT2D eigenvalue weighted by Crippen LogP contribution is -2.40. The van der Waals surface area contributed by atoms with Crippen LogP contribution in [0.5, 0.6) is 0 Å². The molecule has 0 bridgehead atoms. The predicted molar refractivity (Wildman–Crippen MR) is 90.2 cm³/mol. The van der Waals surface area contributed by atoms with Gasteiger partial charge in [0.15, 0.2) is 12.2 Å². The van der Waals surface area contributed by atoms with Gasteiger partial charge < -0.3 is 20.5 Å². The van der Waals surface area contributed by atoms with Crippen molar-refractivity contribution in [2.75, 3.05) is 6.61 Å². The highest BCUT2D eigenvalue weighted by Crippen LogP contribution is 1.96. The van der Waals surface area contributed by atoms with E-state index in [0.29, 0.717) is 6.61 Å². The Balaban J connectivity index is -0.0000000403. The average molecular weight is 394 g/mol. The molecule has 0 aromatic carbocycles. The summed E-state index contributed by atoms with van der Waals surface area (Å²) in [5, 5.41) is 9.51. The molecule has 120 valence electrons. The summed E-state index contributed by atoms with van der Waals surface area (Å²) in [5.74, 6) is -0.105. The summed E-state index contributed by atoms with van der Waals surface area (Å²) in [6.45, 7) is 6.05. The minimum Gasteiger partial charge on any atom is -0.370 e. The molecule has 0 aliphatic rings. The lowest BCUT2D eigenvalue weighted by Gasteiger charge is -2.19. The van der Waals surface area contributed by atoms with Gasteiger partial charge in [-0.05, 0) is 20.8 Å². The Morgan fingerprint density at radius 1 is 1.11 bits per heavy atom. The Hall–Kier alpha value is 0.930. The van der Waals surface area contributed by atoms with Crippen molar-refractivity contribution in [3.05, 3.63) is 0 Å². The number of guanidine groups is 1. The molecular formula is C7H23Cl6N3O2. The fourth-order valence-electron chi connectivity index (χ4n) is 0.814. The molecule has 0 aromatic rings. The van der Waals surface area contributed by atoms with Crippen LogP contribution in [0.3, 0.4) is 0 Å². The molecule has 0 saturated heterocycles. The predicted octanol–water partition coefficient (Wildman–Crippen LogP) is 2.75. The van der Waals surface area contributed by atoms with E-state index in [1.54, 1.807) is 13.8 Å². The molecule has 2 atom stereocenters. The molecule has 0 aliphatic carbocycles. The molecule has 5 nitrogen and oxygen atoms in total. The van der Waals surface area contributed by atoms with E-state index < -0.39 is 0 Å². The zero-order valence-electron chi connectivity index (χ0n) is 10.2. The van der Waals surface area contributed by atoms with E-state index in [4.69, 9.17) is 20.6 Å². The Morgan fingerprint density at radius 2 is 1.50 bits per heavy atom. The Kier molecular flexibility index (Phi) is 62.9. The number of ether oxygens (including phenoxy) is 2. The number of hydrogen-bond donors (Lipinski definition) is 3. The number of rotatable bonds is 5. The monoisotopic (exact) mass is 391 g/mol. The van der Waals surface area contributed by atoms with Crippen molar-refractivity contribution in [3.63, 3.8) is 0 Å². The van der Waals surface area contributed by atoms with Crippen LogP contribution in [0, 0.1) is 5.41 Å². The molecule has 0 aliphatic heterocycles. The highest BCUT2D eigenvalue weighted by atomic mass is 35.5. The molecule has 0 spiro atoms. The molecular weight excluding hydrogens is 371 g/mol. The van der Waals surface area contributed by atoms with Crippen molar-refractivity contribution in [2.45, 2.75) is 33.3 Å². The van der Waals surface area contributed by atoms with Gasteiger partial charge in [0, 0.05) is 6.61 Å². The third kappa shape index (κ3) is 30.2. The van der Waals surface area contributed by atoms with Gasteiger partial charge in [-0.15, -0.1) is 74.4 Å². The Bertz CT molecular complexity index is 157. The highest BCUT2D eigenvalue weighted by Gasteiger charge is 2.07. The number of hydrogen-bond acceptors (Lipinski definition) is 3. The Morgan fingerprint density at radius 3 is 1.78 bits per heavy atom. The van der Waals surface area contributed by atoms with Crippen molar-refractivity contribution < 1.29 is 9.47 Å². The molecule has 0 saturated carbocycles. The maximum Gasteiger partial charge on any atom is 0.187 e. The normalized spacial score (nSPS) is 10.2. The van der Waals surface area contributed by atoms with Crippen LogP contribution in [0.2, 0.25) is 0 Å². The smallest absolute Gasteiger partial charge is 0.187 e. The first-order valence-electron chi connectivity index (χ1n) is 3.93. The summed E-state index contributed by atoms with van der Waals surface area (Å²) < 4.78 is 10.4. The van der Waals surface area contributed by atoms with Crippen LogP contribution in [0.1, 0.15) is 20.8 Å². The largest absolute Gasteiger partial charge is 0.370 e. The van der Waals surface area contributed by atoms with E-state index >= 15 is 0 Å². The maximum atomic E-state index is 6.92. The van der Waals surface area contributed by atoms with E-state index in [-0.39, 0.29) is 92.9 Å². The quantitative estimate of drug-likeness (QED) is 0.381. The van der Waals surface area contributed by atoms with Crippen molar-refractivity contribution in [2.24, 2.45) is 5.73 Å². The van der Waals surface area contributed by atoms with Gasteiger partial charge in [0.05, 0.1) is 0 Å². The van der Waals surface area contributed by atoms with Crippen molar-refractivity contribution in [3.8, 4) is 0 Å². The van der Waals surface area contributed by atoms with Crippen molar-refractivity contribution in [1.29, 1.82) is 5.41 Å². The maximum absolute atomic E-state index is 6.92. The number of nitrogens with two attached hydrogens (primary N) is 1. The minimum absolute atomic E-state index is 0. The van der Waals surface area contributed by atoms with Crippen LogP contribution in [0.15, 0.2) is 0 Å². The zero-order chi connectivity index (χ0) is 9.56. The van der Waals surface area contributed by atoms with E-state index in [1.807, 2.05) is 6.92 Å². The van der Waals surface area contributed by atoms with Crippen LogP contribution >= 0.6 is 74.4 Å². The van der Waals surface area contributed by atoms with Gasteiger partial charge in [-0.2, -0.15) is 0 Å². The fraction of sp³-hybridized carbons (Fsp3) is 0.857. The van der Waals surface area contributed by atoms with Crippen molar-refractivity contribution >= 4 is 80.4 Å². The third-order valence-electron chi connectivity index (χ3n) is 1.16. The first-order valence-corrected chi connectivity index (χ1v) is 3.93.